The molecule has 0 aliphatic carbocycles. The zero-order valence-electron chi connectivity index (χ0n) is 17.1. The molecule has 1 saturated heterocycles. The number of carbonyl (C=O) groups excluding carboxylic acids is 2. The summed E-state index contributed by atoms with van der Waals surface area (Å²) >= 11 is 0. The van der Waals surface area contributed by atoms with Crippen molar-refractivity contribution in [1.29, 1.82) is 0 Å². The number of rotatable bonds is 6. The van der Waals surface area contributed by atoms with E-state index in [9.17, 15) is 14.0 Å². The number of piperidine rings is 1. The third-order valence-electron chi connectivity index (χ3n) is 5.20. The molecule has 160 valence electrons. The van der Waals surface area contributed by atoms with Crippen molar-refractivity contribution < 1.29 is 23.5 Å². The van der Waals surface area contributed by atoms with Gasteiger partial charge in [0.05, 0.1) is 19.8 Å². The Hall–Kier alpha value is -3.29. The minimum absolute atomic E-state index is 0.202. The SMILES string of the molecule is COc1ccc(C(=O)NCC2CCN(C(=O)Nc3ccc(F)cc3)CC2)c(OC)c1. The summed E-state index contributed by atoms with van der Waals surface area (Å²) in [5.74, 6) is 0.816. The topological polar surface area (TPSA) is 79.9 Å². The predicted octanol–water partition coefficient (Wildman–Crippen LogP) is 3.52. The molecule has 0 spiro atoms. The van der Waals surface area contributed by atoms with Crippen LogP contribution < -0.4 is 20.1 Å². The summed E-state index contributed by atoms with van der Waals surface area (Å²) in [6, 6.07) is 10.5. The van der Waals surface area contributed by atoms with Gasteiger partial charge < -0.3 is 25.0 Å². The summed E-state index contributed by atoms with van der Waals surface area (Å²) in [5, 5.41) is 5.73. The van der Waals surface area contributed by atoms with E-state index in [0.717, 1.165) is 12.8 Å². The molecule has 2 aromatic carbocycles. The lowest BCUT2D eigenvalue weighted by atomic mass is 9.97. The maximum absolute atomic E-state index is 13.0. The zero-order chi connectivity index (χ0) is 21.5. The van der Waals surface area contributed by atoms with Gasteiger partial charge in [-0.15, -0.1) is 0 Å². The number of anilines is 1. The minimum Gasteiger partial charge on any atom is -0.497 e. The van der Waals surface area contributed by atoms with Crippen molar-refractivity contribution in [2.24, 2.45) is 5.92 Å². The Bertz CT molecular complexity index is 880. The summed E-state index contributed by atoms with van der Waals surface area (Å²) < 4.78 is 23.4. The van der Waals surface area contributed by atoms with Crippen LogP contribution >= 0.6 is 0 Å². The van der Waals surface area contributed by atoms with Crippen molar-refractivity contribution in [1.82, 2.24) is 10.2 Å². The molecule has 2 N–H and O–H groups in total. The van der Waals surface area contributed by atoms with Crippen LogP contribution in [0.5, 0.6) is 11.5 Å². The lowest BCUT2D eigenvalue weighted by molar-refractivity contribution is 0.0935. The third-order valence-corrected chi connectivity index (χ3v) is 5.20. The molecule has 30 heavy (non-hydrogen) atoms. The number of nitrogens with one attached hydrogen (secondary N) is 2. The molecular weight excluding hydrogens is 389 g/mol. The molecule has 1 aliphatic heterocycles. The second-order valence-corrected chi connectivity index (χ2v) is 7.14. The molecule has 1 aliphatic rings. The summed E-state index contributed by atoms with van der Waals surface area (Å²) in [6.07, 6.45) is 1.58. The molecular formula is C22H26FN3O4. The second kappa shape index (κ2) is 9.96. The van der Waals surface area contributed by atoms with Crippen LogP contribution in [0, 0.1) is 11.7 Å². The zero-order valence-corrected chi connectivity index (χ0v) is 17.1. The van der Waals surface area contributed by atoms with Crippen LogP contribution in [0.1, 0.15) is 23.2 Å². The number of hydrogen-bond donors (Lipinski definition) is 2. The van der Waals surface area contributed by atoms with Gasteiger partial charge in [0.1, 0.15) is 17.3 Å². The van der Waals surface area contributed by atoms with Gasteiger partial charge in [0, 0.05) is 31.4 Å². The van der Waals surface area contributed by atoms with Gasteiger partial charge in [-0.2, -0.15) is 0 Å². The fourth-order valence-electron chi connectivity index (χ4n) is 3.39. The average Bonchev–Trinajstić information content (AvgIpc) is 2.78. The molecule has 0 bridgehead atoms. The van der Waals surface area contributed by atoms with Crippen molar-refractivity contribution in [3.63, 3.8) is 0 Å². The maximum Gasteiger partial charge on any atom is 0.321 e. The first-order valence-corrected chi connectivity index (χ1v) is 9.82. The van der Waals surface area contributed by atoms with Crippen LogP contribution in [-0.2, 0) is 0 Å². The molecule has 8 heteroatoms. The Morgan fingerprint density at radius 3 is 2.40 bits per heavy atom. The number of nitrogens with zero attached hydrogens (tertiary/aromatic N) is 1. The normalized spacial score (nSPS) is 14.2. The van der Waals surface area contributed by atoms with Crippen LogP contribution in [0.15, 0.2) is 42.5 Å². The van der Waals surface area contributed by atoms with E-state index in [1.165, 1.54) is 31.4 Å². The number of benzene rings is 2. The smallest absolute Gasteiger partial charge is 0.321 e. The van der Waals surface area contributed by atoms with Crippen molar-refractivity contribution >= 4 is 17.6 Å². The lowest BCUT2D eigenvalue weighted by Gasteiger charge is -2.32. The lowest BCUT2D eigenvalue weighted by Crippen LogP contribution is -2.43. The highest BCUT2D eigenvalue weighted by Crippen LogP contribution is 2.25. The quantitative estimate of drug-likeness (QED) is 0.757. The standard InChI is InChI=1S/C22H26FN3O4/c1-29-18-7-8-19(20(13-18)30-2)21(27)24-14-15-9-11-26(12-10-15)22(28)25-17-5-3-16(23)4-6-17/h3-8,13,15H,9-12,14H2,1-2H3,(H,24,27)(H,25,28). The van der Waals surface area contributed by atoms with Crippen LogP contribution in [0.25, 0.3) is 0 Å². The van der Waals surface area contributed by atoms with E-state index in [1.807, 2.05) is 0 Å². The molecule has 7 nitrogen and oxygen atoms in total. The third kappa shape index (κ3) is 5.40. The number of urea groups is 1. The number of amides is 3. The number of methoxy groups -OCH3 is 2. The van der Waals surface area contributed by atoms with Gasteiger partial charge in [-0.05, 0) is 55.2 Å². The van der Waals surface area contributed by atoms with Crippen LogP contribution in [0.3, 0.4) is 0 Å². The number of hydrogen-bond acceptors (Lipinski definition) is 4. The molecule has 1 fully saturated rings. The molecule has 0 saturated carbocycles. The summed E-state index contributed by atoms with van der Waals surface area (Å²) in [5.41, 5.74) is 1.01. The van der Waals surface area contributed by atoms with Gasteiger partial charge in [-0.25, -0.2) is 9.18 Å². The van der Waals surface area contributed by atoms with Gasteiger partial charge in [-0.3, -0.25) is 4.79 Å². The predicted molar refractivity (Wildman–Crippen MR) is 112 cm³/mol. The van der Waals surface area contributed by atoms with Gasteiger partial charge in [0.25, 0.3) is 5.91 Å². The van der Waals surface area contributed by atoms with E-state index >= 15 is 0 Å². The fraction of sp³-hybridized carbons (Fsp3) is 0.364. The van der Waals surface area contributed by atoms with Crippen molar-refractivity contribution in [2.45, 2.75) is 12.8 Å². The molecule has 0 aromatic heterocycles. The molecule has 0 radical (unpaired) electrons. The molecule has 2 aromatic rings. The summed E-state index contributed by atoms with van der Waals surface area (Å²) in [6.45, 7) is 1.72. The van der Waals surface area contributed by atoms with E-state index < -0.39 is 0 Å². The van der Waals surface area contributed by atoms with Gasteiger partial charge in [-0.1, -0.05) is 0 Å². The molecule has 1 heterocycles. The molecule has 0 unspecified atom stereocenters. The number of likely N-dealkylation sites (tertiary alicyclic amines) is 1. The van der Waals surface area contributed by atoms with E-state index in [4.69, 9.17) is 9.47 Å². The maximum atomic E-state index is 13.0. The Balaban J connectivity index is 1.46. The van der Waals surface area contributed by atoms with Crippen LogP contribution in [-0.4, -0.2) is 50.7 Å². The number of ether oxygens (including phenoxy) is 2. The van der Waals surface area contributed by atoms with Gasteiger partial charge >= 0.3 is 6.03 Å². The fourth-order valence-corrected chi connectivity index (χ4v) is 3.39. The highest BCUT2D eigenvalue weighted by molar-refractivity contribution is 5.97. The summed E-state index contributed by atoms with van der Waals surface area (Å²) in [7, 11) is 3.07. The summed E-state index contributed by atoms with van der Waals surface area (Å²) in [4.78, 5) is 26.6. The van der Waals surface area contributed by atoms with Crippen molar-refractivity contribution in [3.05, 3.63) is 53.8 Å². The van der Waals surface area contributed by atoms with Gasteiger partial charge in [0.15, 0.2) is 0 Å². The highest BCUT2D eigenvalue weighted by Gasteiger charge is 2.24. The van der Waals surface area contributed by atoms with E-state index in [0.29, 0.717) is 42.4 Å². The number of carbonyl (C=O) groups is 2. The monoisotopic (exact) mass is 415 g/mol. The number of halogens is 1. The first-order chi connectivity index (χ1) is 14.5. The molecule has 3 rings (SSSR count). The Morgan fingerprint density at radius 1 is 1.07 bits per heavy atom. The van der Waals surface area contributed by atoms with Crippen LogP contribution in [0.2, 0.25) is 0 Å². The average molecular weight is 415 g/mol. The second-order valence-electron chi connectivity index (χ2n) is 7.14. The highest BCUT2D eigenvalue weighted by atomic mass is 19.1. The van der Waals surface area contributed by atoms with E-state index in [2.05, 4.69) is 10.6 Å². The van der Waals surface area contributed by atoms with Crippen molar-refractivity contribution in [2.75, 3.05) is 39.2 Å². The first-order valence-electron chi connectivity index (χ1n) is 9.82. The van der Waals surface area contributed by atoms with Crippen LogP contribution in [0.4, 0.5) is 14.9 Å². The molecule has 0 atom stereocenters. The Kier molecular flexibility index (Phi) is 7.11. The molecule has 3 amide bonds. The Morgan fingerprint density at radius 2 is 1.77 bits per heavy atom. The Labute approximate surface area is 175 Å². The van der Waals surface area contributed by atoms with Crippen molar-refractivity contribution in [3.8, 4) is 11.5 Å². The van der Waals surface area contributed by atoms with E-state index in [-0.39, 0.29) is 23.7 Å². The first kappa shape index (κ1) is 21.4. The van der Waals surface area contributed by atoms with Gasteiger partial charge in [0.2, 0.25) is 0 Å². The largest absolute Gasteiger partial charge is 0.497 e. The minimum atomic E-state index is -0.344. The van der Waals surface area contributed by atoms with E-state index in [1.54, 1.807) is 30.2 Å².